The Hall–Kier alpha value is -0.870. The third-order valence-corrected chi connectivity index (χ3v) is 3.10. The van der Waals surface area contributed by atoms with Crippen molar-refractivity contribution in [2.75, 3.05) is 20.1 Å². The number of nitrogens with zero attached hydrogens (tertiary/aromatic N) is 3. The summed E-state index contributed by atoms with van der Waals surface area (Å²) >= 11 is 0. The zero-order chi connectivity index (χ0) is 10.8. The molecule has 1 saturated heterocycles. The van der Waals surface area contributed by atoms with Gasteiger partial charge in [0.05, 0.1) is 6.20 Å². The fourth-order valence-electron chi connectivity index (χ4n) is 2.18. The molecule has 0 aromatic carbocycles. The smallest absolute Gasteiger partial charge is 0.0537 e. The van der Waals surface area contributed by atoms with E-state index < -0.39 is 0 Å². The van der Waals surface area contributed by atoms with E-state index in [-0.39, 0.29) is 0 Å². The number of nitrogens with one attached hydrogen (secondary N) is 1. The number of likely N-dealkylation sites (N-methyl/N-ethyl adjacent to an activating group) is 1. The van der Waals surface area contributed by atoms with Crippen molar-refractivity contribution in [2.45, 2.75) is 25.4 Å². The lowest BCUT2D eigenvalue weighted by Crippen LogP contribution is -2.33. The van der Waals surface area contributed by atoms with Gasteiger partial charge in [0.1, 0.15) is 0 Å². The predicted octanol–water partition coefficient (Wildman–Crippen LogP) is 0.775. The highest BCUT2D eigenvalue weighted by Crippen LogP contribution is 2.15. The molecule has 0 spiro atoms. The second kappa shape index (κ2) is 4.33. The van der Waals surface area contributed by atoms with Gasteiger partial charge in [-0.15, -0.1) is 0 Å². The largest absolute Gasteiger partial charge is 0.306 e. The molecule has 0 saturated carbocycles. The number of aromatic nitrogens is 2. The predicted molar refractivity (Wildman–Crippen MR) is 60.7 cm³/mol. The van der Waals surface area contributed by atoms with Gasteiger partial charge in [-0.25, -0.2) is 0 Å². The molecule has 1 N–H and O–H groups in total. The fourth-order valence-corrected chi connectivity index (χ4v) is 2.18. The van der Waals surface area contributed by atoms with E-state index in [1.165, 1.54) is 18.5 Å². The number of likely N-dealkylation sites (tertiary alicyclic amines) is 1. The molecule has 0 unspecified atom stereocenters. The summed E-state index contributed by atoms with van der Waals surface area (Å²) in [6.45, 7) is 4.57. The average molecular weight is 208 g/mol. The van der Waals surface area contributed by atoms with Gasteiger partial charge in [0.2, 0.25) is 0 Å². The Bertz CT molecular complexity index is 320. The Morgan fingerprint density at radius 2 is 2.33 bits per heavy atom. The van der Waals surface area contributed by atoms with E-state index in [1.807, 2.05) is 17.9 Å². The van der Waals surface area contributed by atoms with Crippen LogP contribution in [-0.4, -0.2) is 40.9 Å². The Labute approximate surface area is 91.3 Å². The van der Waals surface area contributed by atoms with Crippen LogP contribution in [0.4, 0.5) is 0 Å². The van der Waals surface area contributed by atoms with Gasteiger partial charge >= 0.3 is 0 Å². The molecule has 4 nitrogen and oxygen atoms in total. The van der Waals surface area contributed by atoms with Crippen LogP contribution in [0.25, 0.3) is 0 Å². The van der Waals surface area contributed by atoms with Crippen molar-refractivity contribution in [3.05, 3.63) is 18.0 Å². The molecule has 84 valence electrons. The highest BCUT2D eigenvalue weighted by atomic mass is 15.2. The molecule has 15 heavy (non-hydrogen) atoms. The maximum atomic E-state index is 4.19. The summed E-state index contributed by atoms with van der Waals surface area (Å²) in [5.74, 6) is 0. The number of hydrogen-bond donors (Lipinski definition) is 1. The molecule has 1 fully saturated rings. The molecule has 1 aliphatic heterocycles. The summed E-state index contributed by atoms with van der Waals surface area (Å²) in [5, 5.41) is 7.84. The van der Waals surface area contributed by atoms with Crippen molar-refractivity contribution in [3.63, 3.8) is 0 Å². The van der Waals surface area contributed by atoms with Gasteiger partial charge in [-0.2, -0.15) is 5.10 Å². The monoisotopic (exact) mass is 208 g/mol. The van der Waals surface area contributed by atoms with Crippen LogP contribution in [0.3, 0.4) is 0 Å². The SMILES string of the molecule is C[C@H](N[C@@H]1CCN(C)C1)c1cnn(C)c1. The van der Waals surface area contributed by atoms with E-state index >= 15 is 0 Å². The van der Waals surface area contributed by atoms with E-state index in [2.05, 4.69) is 35.5 Å². The molecule has 4 heteroatoms. The molecule has 1 aromatic rings. The van der Waals surface area contributed by atoms with Gasteiger partial charge in [0.15, 0.2) is 0 Å². The summed E-state index contributed by atoms with van der Waals surface area (Å²) in [5.41, 5.74) is 1.27. The fraction of sp³-hybridized carbons (Fsp3) is 0.727. The van der Waals surface area contributed by atoms with Crippen LogP contribution in [-0.2, 0) is 7.05 Å². The van der Waals surface area contributed by atoms with Gasteiger partial charge < -0.3 is 10.2 Å². The molecule has 2 rings (SSSR count). The maximum Gasteiger partial charge on any atom is 0.0537 e. The second-order valence-corrected chi connectivity index (χ2v) is 4.58. The van der Waals surface area contributed by atoms with Crippen molar-refractivity contribution in [2.24, 2.45) is 7.05 Å². The minimum atomic E-state index is 0.398. The highest BCUT2D eigenvalue weighted by Gasteiger charge is 2.21. The first kappa shape index (κ1) is 10.6. The maximum absolute atomic E-state index is 4.19. The second-order valence-electron chi connectivity index (χ2n) is 4.58. The van der Waals surface area contributed by atoms with Crippen molar-refractivity contribution in [3.8, 4) is 0 Å². The first-order valence-corrected chi connectivity index (χ1v) is 5.58. The number of aryl methyl sites for hydroxylation is 1. The van der Waals surface area contributed by atoms with E-state index in [4.69, 9.17) is 0 Å². The van der Waals surface area contributed by atoms with E-state index in [1.54, 1.807) is 0 Å². The summed E-state index contributed by atoms with van der Waals surface area (Å²) < 4.78 is 1.86. The van der Waals surface area contributed by atoms with Gasteiger partial charge in [-0.3, -0.25) is 4.68 Å². The summed E-state index contributed by atoms with van der Waals surface area (Å²) in [6.07, 6.45) is 5.27. The summed E-state index contributed by atoms with van der Waals surface area (Å²) in [7, 11) is 4.13. The number of rotatable bonds is 3. The molecular weight excluding hydrogens is 188 g/mol. The van der Waals surface area contributed by atoms with Gasteiger partial charge in [-0.1, -0.05) is 0 Å². The Kier molecular flexibility index (Phi) is 3.07. The third-order valence-electron chi connectivity index (χ3n) is 3.10. The lowest BCUT2D eigenvalue weighted by atomic mass is 10.1. The van der Waals surface area contributed by atoms with Crippen LogP contribution in [0.2, 0.25) is 0 Å². The molecule has 2 atom stereocenters. The molecular formula is C11H20N4. The van der Waals surface area contributed by atoms with Gasteiger partial charge in [0.25, 0.3) is 0 Å². The first-order valence-electron chi connectivity index (χ1n) is 5.58. The van der Waals surface area contributed by atoms with Crippen LogP contribution in [0.1, 0.15) is 24.9 Å². The molecule has 0 aliphatic carbocycles. The van der Waals surface area contributed by atoms with E-state index in [0.717, 1.165) is 6.54 Å². The third kappa shape index (κ3) is 2.58. The zero-order valence-corrected chi connectivity index (χ0v) is 9.77. The summed E-state index contributed by atoms with van der Waals surface area (Å²) in [4.78, 5) is 2.37. The summed E-state index contributed by atoms with van der Waals surface area (Å²) in [6, 6.07) is 1.03. The topological polar surface area (TPSA) is 33.1 Å². The highest BCUT2D eigenvalue weighted by molar-refractivity contribution is 5.09. The molecule has 1 aromatic heterocycles. The van der Waals surface area contributed by atoms with E-state index in [0.29, 0.717) is 12.1 Å². The quantitative estimate of drug-likeness (QED) is 0.796. The van der Waals surface area contributed by atoms with Crippen molar-refractivity contribution in [1.82, 2.24) is 20.0 Å². The molecule has 2 heterocycles. The van der Waals surface area contributed by atoms with Crippen LogP contribution in [0, 0.1) is 0 Å². The molecule has 0 bridgehead atoms. The minimum Gasteiger partial charge on any atom is -0.306 e. The van der Waals surface area contributed by atoms with Crippen molar-refractivity contribution in [1.29, 1.82) is 0 Å². The van der Waals surface area contributed by atoms with Crippen LogP contribution in [0.5, 0.6) is 0 Å². The standard InChI is InChI=1S/C11H20N4/c1-9(10-6-12-15(3)7-10)13-11-4-5-14(2)8-11/h6-7,9,11,13H,4-5,8H2,1-3H3/t9-,11+/m0/s1. The van der Waals surface area contributed by atoms with Crippen LogP contribution in [0.15, 0.2) is 12.4 Å². The molecule has 0 amide bonds. The Morgan fingerprint density at radius 1 is 1.53 bits per heavy atom. The lowest BCUT2D eigenvalue weighted by Gasteiger charge is -2.18. The zero-order valence-electron chi connectivity index (χ0n) is 9.77. The Balaban J connectivity index is 1.89. The van der Waals surface area contributed by atoms with Gasteiger partial charge in [-0.05, 0) is 26.9 Å². The van der Waals surface area contributed by atoms with Crippen molar-refractivity contribution < 1.29 is 0 Å². The minimum absolute atomic E-state index is 0.398. The normalized spacial score (nSPS) is 24.6. The number of hydrogen-bond acceptors (Lipinski definition) is 3. The lowest BCUT2D eigenvalue weighted by molar-refractivity contribution is 0.387. The first-order chi connectivity index (χ1) is 7.15. The van der Waals surface area contributed by atoms with Crippen LogP contribution < -0.4 is 5.32 Å². The van der Waals surface area contributed by atoms with Gasteiger partial charge in [0, 0.05) is 37.4 Å². The van der Waals surface area contributed by atoms with Crippen LogP contribution >= 0.6 is 0 Å². The van der Waals surface area contributed by atoms with Crippen molar-refractivity contribution >= 4 is 0 Å². The molecule has 1 aliphatic rings. The van der Waals surface area contributed by atoms with E-state index in [9.17, 15) is 0 Å². The Morgan fingerprint density at radius 3 is 2.87 bits per heavy atom. The molecule has 0 radical (unpaired) electrons. The average Bonchev–Trinajstić information content (AvgIpc) is 2.75.